The second-order valence-electron chi connectivity index (χ2n) is 4.33. The number of benzene rings is 1. The van der Waals surface area contributed by atoms with E-state index >= 15 is 0 Å². The molecule has 0 aliphatic heterocycles. The highest BCUT2D eigenvalue weighted by molar-refractivity contribution is 5.78. The van der Waals surface area contributed by atoms with Crippen molar-refractivity contribution in [2.75, 3.05) is 33.9 Å². The summed E-state index contributed by atoms with van der Waals surface area (Å²) in [5.74, 6) is -0.0391. The fourth-order valence-corrected chi connectivity index (χ4v) is 1.70. The van der Waals surface area contributed by atoms with Crippen molar-refractivity contribution in [1.29, 1.82) is 0 Å². The van der Waals surface area contributed by atoms with Crippen LogP contribution in [0, 0.1) is 5.82 Å². The van der Waals surface area contributed by atoms with Crippen LogP contribution in [0.2, 0.25) is 0 Å². The zero-order valence-electron chi connectivity index (χ0n) is 12.0. The van der Waals surface area contributed by atoms with Gasteiger partial charge in [-0.3, -0.25) is 4.79 Å². The summed E-state index contributed by atoms with van der Waals surface area (Å²) in [6.45, 7) is 2.85. The first-order valence-electron chi connectivity index (χ1n) is 6.41. The van der Waals surface area contributed by atoms with Gasteiger partial charge < -0.3 is 20.1 Å². The van der Waals surface area contributed by atoms with Gasteiger partial charge >= 0.3 is 0 Å². The summed E-state index contributed by atoms with van der Waals surface area (Å²) in [5, 5.41) is 5.65. The molecule has 0 aliphatic carbocycles. The van der Waals surface area contributed by atoms with Gasteiger partial charge in [-0.05, 0) is 13.0 Å². The Balaban J connectivity index is 2.46. The van der Waals surface area contributed by atoms with E-state index in [9.17, 15) is 9.18 Å². The van der Waals surface area contributed by atoms with E-state index in [1.807, 2.05) is 0 Å². The van der Waals surface area contributed by atoms with Crippen LogP contribution in [0.15, 0.2) is 18.2 Å². The van der Waals surface area contributed by atoms with Gasteiger partial charge in [-0.1, -0.05) is 6.07 Å². The minimum atomic E-state index is -0.357. The second-order valence-corrected chi connectivity index (χ2v) is 4.33. The van der Waals surface area contributed by atoms with Crippen LogP contribution >= 0.6 is 0 Å². The van der Waals surface area contributed by atoms with Crippen molar-refractivity contribution in [2.45, 2.75) is 13.0 Å². The van der Waals surface area contributed by atoms with Crippen molar-refractivity contribution in [3.63, 3.8) is 0 Å². The van der Waals surface area contributed by atoms with Crippen molar-refractivity contribution in [3.05, 3.63) is 29.6 Å². The molecular weight excluding hydrogens is 263 g/mol. The van der Waals surface area contributed by atoms with Crippen molar-refractivity contribution in [1.82, 2.24) is 10.6 Å². The normalized spacial score (nSPS) is 12.0. The molecule has 20 heavy (non-hydrogen) atoms. The van der Waals surface area contributed by atoms with E-state index in [-0.39, 0.29) is 24.3 Å². The molecule has 0 bridgehead atoms. The van der Waals surface area contributed by atoms with Crippen molar-refractivity contribution < 1.29 is 18.7 Å². The SMILES string of the molecule is COCCNC(=O)CNC(C)c1ccc(OC)cc1F. The van der Waals surface area contributed by atoms with E-state index < -0.39 is 0 Å². The van der Waals surface area contributed by atoms with E-state index in [0.29, 0.717) is 24.5 Å². The summed E-state index contributed by atoms with van der Waals surface area (Å²) < 4.78 is 23.6. The molecule has 0 saturated heterocycles. The molecule has 1 aromatic rings. The van der Waals surface area contributed by atoms with E-state index in [4.69, 9.17) is 9.47 Å². The summed E-state index contributed by atoms with van der Waals surface area (Å²) in [6, 6.07) is 4.39. The Labute approximate surface area is 118 Å². The van der Waals surface area contributed by atoms with E-state index in [1.165, 1.54) is 13.2 Å². The first-order valence-corrected chi connectivity index (χ1v) is 6.41. The van der Waals surface area contributed by atoms with E-state index in [1.54, 1.807) is 26.2 Å². The van der Waals surface area contributed by atoms with Crippen LogP contribution in [0.3, 0.4) is 0 Å². The number of hydrogen-bond donors (Lipinski definition) is 2. The molecule has 1 aromatic carbocycles. The molecule has 0 radical (unpaired) electrons. The zero-order chi connectivity index (χ0) is 15.0. The molecule has 6 heteroatoms. The minimum absolute atomic E-state index is 0.121. The lowest BCUT2D eigenvalue weighted by Crippen LogP contribution is -2.36. The number of rotatable bonds is 8. The molecule has 0 fully saturated rings. The number of methoxy groups -OCH3 is 2. The molecule has 1 amide bonds. The number of halogens is 1. The Morgan fingerprint density at radius 3 is 2.75 bits per heavy atom. The number of ether oxygens (including phenoxy) is 2. The first kappa shape index (κ1) is 16.4. The van der Waals surface area contributed by atoms with Crippen LogP contribution in [0.25, 0.3) is 0 Å². The van der Waals surface area contributed by atoms with Gasteiger partial charge in [0.1, 0.15) is 11.6 Å². The lowest BCUT2D eigenvalue weighted by molar-refractivity contribution is -0.120. The number of nitrogens with one attached hydrogen (secondary N) is 2. The van der Waals surface area contributed by atoms with Crippen molar-refractivity contribution in [2.24, 2.45) is 0 Å². The number of amides is 1. The molecular formula is C14H21FN2O3. The van der Waals surface area contributed by atoms with Crippen LogP contribution < -0.4 is 15.4 Å². The van der Waals surface area contributed by atoms with Crippen molar-refractivity contribution >= 4 is 5.91 Å². The Morgan fingerprint density at radius 1 is 1.40 bits per heavy atom. The van der Waals surface area contributed by atoms with Crippen molar-refractivity contribution in [3.8, 4) is 5.75 Å². The molecule has 1 atom stereocenters. The number of hydrogen-bond acceptors (Lipinski definition) is 4. The maximum absolute atomic E-state index is 13.8. The third kappa shape index (κ3) is 5.14. The Morgan fingerprint density at radius 2 is 2.15 bits per heavy atom. The van der Waals surface area contributed by atoms with Crippen LogP contribution in [0.4, 0.5) is 4.39 Å². The summed E-state index contributed by atoms with van der Waals surface area (Å²) >= 11 is 0. The monoisotopic (exact) mass is 284 g/mol. The van der Waals surface area contributed by atoms with Crippen LogP contribution in [-0.2, 0) is 9.53 Å². The fraction of sp³-hybridized carbons (Fsp3) is 0.500. The summed E-state index contributed by atoms with van der Waals surface area (Å²) in [5.41, 5.74) is 0.496. The van der Waals surface area contributed by atoms with Gasteiger partial charge in [0.2, 0.25) is 5.91 Å². The van der Waals surface area contributed by atoms with Gasteiger partial charge in [0, 0.05) is 31.3 Å². The zero-order valence-corrected chi connectivity index (χ0v) is 12.0. The standard InChI is InChI=1S/C14H21FN2O3/c1-10(17-9-14(18)16-6-7-19-2)12-5-4-11(20-3)8-13(12)15/h4-5,8,10,17H,6-7,9H2,1-3H3,(H,16,18). The van der Waals surface area contributed by atoms with Crippen LogP contribution in [-0.4, -0.2) is 39.8 Å². The van der Waals surface area contributed by atoms with E-state index in [0.717, 1.165) is 0 Å². The maximum atomic E-state index is 13.8. The third-order valence-corrected chi connectivity index (χ3v) is 2.87. The molecule has 2 N–H and O–H groups in total. The average molecular weight is 284 g/mol. The summed E-state index contributed by atoms with van der Waals surface area (Å²) in [6.07, 6.45) is 0. The average Bonchev–Trinajstić information content (AvgIpc) is 2.44. The third-order valence-electron chi connectivity index (χ3n) is 2.87. The van der Waals surface area contributed by atoms with Gasteiger partial charge in [0.25, 0.3) is 0 Å². The van der Waals surface area contributed by atoms with Gasteiger partial charge in [0.05, 0.1) is 20.3 Å². The molecule has 112 valence electrons. The van der Waals surface area contributed by atoms with Gasteiger partial charge in [-0.2, -0.15) is 0 Å². The Bertz CT molecular complexity index is 440. The summed E-state index contributed by atoms with van der Waals surface area (Å²) in [7, 11) is 3.05. The van der Waals surface area contributed by atoms with E-state index in [2.05, 4.69) is 10.6 Å². The molecule has 0 aromatic heterocycles. The highest BCUT2D eigenvalue weighted by atomic mass is 19.1. The molecule has 1 unspecified atom stereocenters. The fourth-order valence-electron chi connectivity index (χ4n) is 1.70. The molecule has 1 rings (SSSR count). The second kappa shape index (κ2) is 8.50. The molecule has 0 spiro atoms. The topological polar surface area (TPSA) is 59.6 Å². The predicted octanol–water partition coefficient (Wildman–Crippen LogP) is 1.25. The number of carbonyl (C=O) groups excluding carboxylic acids is 1. The largest absolute Gasteiger partial charge is 0.497 e. The van der Waals surface area contributed by atoms with Gasteiger partial charge in [0.15, 0.2) is 0 Å². The molecule has 5 nitrogen and oxygen atoms in total. The first-order chi connectivity index (χ1) is 9.58. The van der Waals surface area contributed by atoms with Gasteiger partial charge in [-0.25, -0.2) is 4.39 Å². The van der Waals surface area contributed by atoms with Crippen LogP contribution in [0.1, 0.15) is 18.5 Å². The Kier molecular flexibility index (Phi) is 6.97. The van der Waals surface area contributed by atoms with Crippen LogP contribution in [0.5, 0.6) is 5.75 Å². The smallest absolute Gasteiger partial charge is 0.234 e. The molecule has 0 aliphatic rings. The summed E-state index contributed by atoms with van der Waals surface area (Å²) in [4.78, 5) is 11.5. The highest BCUT2D eigenvalue weighted by Crippen LogP contribution is 2.21. The molecule has 0 saturated carbocycles. The predicted molar refractivity (Wildman–Crippen MR) is 74.3 cm³/mol. The lowest BCUT2D eigenvalue weighted by atomic mass is 10.1. The van der Waals surface area contributed by atoms with Gasteiger partial charge in [-0.15, -0.1) is 0 Å². The highest BCUT2D eigenvalue weighted by Gasteiger charge is 2.12. The Hall–Kier alpha value is -1.66. The minimum Gasteiger partial charge on any atom is -0.497 e. The maximum Gasteiger partial charge on any atom is 0.234 e. The molecule has 0 heterocycles. The lowest BCUT2D eigenvalue weighted by Gasteiger charge is -2.15. The quantitative estimate of drug-likeness (QED) is 0.705. The number of carbonyl (C=O) groups is 1.